The molecule has 0 unspecified atom stereocenters. The highest BCUT2D eigenvalue weighted by Gasteiger charge is 2.14. The highest BCUT2D eigenvalue weighted by atomic mass is 16.6. The van der Waals surface area contributed by atoms with Crippen molar-refractivity contribution < 1.29 is 9.53 Å². The summed E-state index contributed by atoms with van der Waals surface area (Å²) in [5.74, 6) is 0.282. The Labute approximate surface area is 143 Å². The highest BCUT2D eigenvalue weighted by Crippen LogP contribution is 2.19. The number of amides is 1. The molecule has 0 atom stereocenters. The largest absolute Gasteiger partial charge is 0.420 e. The number of nitrogens with zero attached hydrogens (tertiary/aromatic N) is 2. The number of benzene rings is 1. The minimum atomic E-state index is -0.470. The number of rotatable bonds is 5. The monoisotopic (exact) mass is 327 g/mol. The van der Waals surface area contributed by atoms with Crippen LogP contribution in [0, 0.1) is 5.41 Å². The van der Waals surface area contributed by atoms with Crippen molar-refractivity contribution in [1.29, 1.82) is 0 Å². The number of hydrogen-bond acceptors (Lipinski definition) is 4. The van der Waals surface area contributed by atoms with E-state index in [2.05, 4.69) is 31.1 Å². The van der Waals surface area contributed by atoms with Gasteiger partial charge in [0.05, 0.1) is 11.9 Å². The predicted octanol–water partition coefficient (Wildman–Crippen LogP) is 4.56. The molecule has 24 heavy (non-hydrogen) atoms. The Hall–Kier alpha value is -2.56. The van der Waals surface area contributed by atoms with Gasteiger partial charge in [0.15, 0.2) is 0 Å². The van der Waals surface area contributed by atoms with Crippen LogP contribution in [0.5, 0.6) is 5.88 Å². The van der Waals surface area contributed by atoms with Crippen LogP contribution in [0.1, 0.15) is 27.2 Å². The minimum Gasteiger partial charge on any atom is -0.391 e. The fourth-order valence-corrected chi connectivity index (χ4v) is 2.04. The first-order valence-electron chi connectivity index (χ1n) is 8.06. The van der Waals surface area contributed by atoms with Crippen LogP contribution in [0.25, 0.3) is 0 Å². The molecule has 128 valence electrons. The molecule has 2 aromatic rings. The molecule has 0 fully saturated rings. The SMILES string of the molecule is CN(C(=O)Oc1ccc(NCCC(C)(C)C)cn1)c1ccccc1. The summed E-state index contributed by atoms with van der Waals surface area (Å²) in [6.45, 7) is 7.50. The summed E-state index contributed by atoms with van der Waals surface area (Å²) in [5, 5.41) is 3.32. The van der Waals surface area contributed by atoms with E-state index in [0.29, 0.717) is 0 Å². The zero-order valence-corrected chi connectivity index (χ0v) is 14.7. The van der Waals surface area contributed by atoms with Crippen molar-refractivity contribution in [2.45, 2.75) is 27.2 Å². The minimum absolute atomic E-state index is 0.282. The molecule has 0 saturated heterocycles. The predicted molar refractivity (Wildman–Crippen MR) is 97.7 cm³/mol. The second kappa shape index (κ2) is 7.81. The Bertz CT molecular complexity index is 649. The molecule has 1 N–H and O–H groups in total. The Morgan fingerprint density at radius 1 is 1.17 bits per heavy atom. The van der Waals surface area contributed by atoms with E-state index in [1.54, 1.807) is 19.3 Å². The number of para-hydroxylation sites is 1. The number of aromatic nitrogens is 1. The maximum Gasteiger partial charge on any atom is 0.420 e. The van der Waals surface area contributed by atoms with Crippen molar-refractivity contribution in [3.8, 4) is 5.88 Å². The molecular weight excluding hydrogens is 302 g/mol. The van der Waals surface area contributed by atoms with Crippen molar-refractivity contribution in [1.82, 2.24) is 4.98 Å². The smallest absolute Gasteiger partial charge is 0.391 e. The lowest BCUT2D eigenvalue weighted by Crippen LogP contribution is -2.29. The summed E-state index contributed by atoms with van der Waals surface area (Å²) < 4.78 is 5.29. The Balaban J connectivity index is 1.88. The van der Waals surface area contributed by atoms with Crippen LogP contribution in [0.15, 0.2) is 48.7 Å². The third-order valence-corrected chi connectivity index (χ3v) is 3.55. The average molecular weight is 327 g/mol. The fraction of sp³-hybridized carbons (Fsp3) is 0.368. The van der Waals surface area contributed by atoms with Crippen LogP contribution >= 0.6 is 0 Å². The van der Waals surface area contributed by atoms with Gasteiger partial charge in [0.1, 0.15) is 0 Å². The van der Waals surface area contributed by atoms with Crippen molar-refractivity contribution in [3.63, 3.8) is 0 Å². The van der Waals surface area contributed by atoms with Gasteiger partial charge in [-0.2, -0.15) is 0 Å². The Kier molecular flexibility index (Phi) is 5.79. The second-order valence-electron chi connectivity index (χ2n) is 6.89. The van der Waals surface area contributed by atoms with Crippen LogP contribution in [-0.2, 0) is 0 Å². The topological polar surface area (TPSA) is 54.5 Å². The molecule has 0 aliphatic carbocycles. The zero-order valence-electron chi connectivity index (χ0n) is 14.7. The maximum absolute atomic E-state index is 12.1. The Morgan fingerprint density at radius 2 is 1.88 bits per heavy atom. The van der Waals surface area contributed by atoms with E-state index in [-0.39, 0.29) is 11.3 Å². The van der Waals surface area contributed by atoms with E-state index in [0.717, 1.165) is 24.3 Å². The lowest BCUT2D eigenvalue weighted by molar-refractivity contribution is 0.207. The van der Waals surface area contributed by atoms with Gasteiger partial charge in [-0.3, -0.25) is 4.90 Å². The molecule has 1 aromatic heterocycles. The summed E-state index contributed by atoms with van der Waals surface area (Å²) in [6.07, 6.45) is 2.27. The quantitative estimate of drug-likeness (QED) is 0.874. The van der Waals surface area contributed by atoms with E-state index < -0.39 is 6.09 Å². The first-order valence-corrected chi connectivity index (χ1v) is 8.06. The molecular formula is C19H25N3O2. The van der Waals surface area contributed by atoms with E-state index in [1.807, 2.05) is 36.4 Å². The fourth-order valence-electron chi connectivity index (χ4n) is 2.04. The molecule has 0 spiro atoms. The number of ether oxygens (including phenoxy) is 1. The summed E-state index contributed by atoms with van der Waals surface area (Å²) >= 11 is 0. The van der Waals surface area contributed by atoms with Crippen molar-refractivity contribution in [2.75, 3.05) is 23.8 Å². The van der Waals surface area contributed by atoms with Crippen LogP contribution in [0.3, 0.4) is 0 Å². The molecule has 0 aliphatic heterocycles. The van der Waals surface area contributed by atoms with Crippen molar-refractivity contribution >= 4 is 17.5 Å². The first kappa shape index (κ1) is 17.8. The number of pyridine rings is 1. The van der Waals surface area contributed by atoms with E-state index in [4.69, 9.17) is 4.74 Å². The van der Waals surface area contributed by atoms with E-state index in [9.17, 15) is 4.79 Å². The van der Waals surface area contributed by atoms with Crippen LogP contribution in [0.2, 0.25) is 0 Å². The molecule has 0 aliphatic rings. The number of carbonyl (C=O) groups excluding carboxylic acids is 1. The molecule has 1 aromatic carbocycles. The van der Waals surface area contributed by atoms with Crippen LogP contribution in [0.4, 0.5) is 16.2 Å². The number of carbonyl (C=O) groups is 1. The summed E-state index contributed by atoms with van der Waals surface area (Å²) in [6, 6.07) is 12.9. The first-order chi connectivity index (χ1) is 11.3. The second-order valence-corrected chi connectivity index (χ2v) is 6.89. The number of anilines is 2. The summed E-state index contributed by atoms with van der Waals surface area (Å²) in [4.78, 5) is 17.7. The van der Waals surface area contributed by atoms with Gasteiger partial charge < -0.3 is 10.1 Å². The lowest BCUT2D eigenvalue weighted by atomic mass is 9.92. The summed E-state index contributed by atoms with van der Waals surface area (Å²) in [5.41, 5.74) is 1.97. The molecule has 0 bridgehead atoms. The number of nitrogens with one attached hydrogen (secondary N) is 1. The van der Waals surface area contributed by atoms with Crippen LogP contribution in [-0.4, -0.2) is 24.7 Å². The third-order valence-electron chi connectivity index (χ3n) is 3.55. The zero-order chi connectivity index (χ0) is 17.6. The van der Waals surface area contributed by atoms with Gasteiger partial charge >= 0.3 is 6.09 Å². The third kappa shape index (κ3) is 5.57. The molecule has 0 radical (unpaired) electrons. The van der Waals surface area contributed by atoms with Crippen molar-refractivity contribution in [3.05, 3.63) is 48.7 Å². The molecule has 1 amide bonds. The highest BCUT2D eigenvalue weighted by molar-refractivity contribution is 5.88. The van der Waals surface area contributed by atoms with Crippen LogP contribution < -0.4 is 15.0 Å². The lowest BCUT2D eigenvalue weighted by Gasteiger charge is -2.18. The molecule has 0 saturated carbocycles. The van der Waals surface area contributed by atoms with Gasteiger partial charge in [-0.15, -0.1) is 0 Å². The van der Waals surface area contributed by atoms with Gasteiger partial charge in [0.2, 0.25) is 5.88 Å². The molecule has 5 heteroatoms. The van der Waals surface area contributed by atoms with Gasteiger partial charge in [0.25, 0.3) is 0 Å². The molecule has 1 heterocycles. The van der Waals surface area contributed by atoms with Gasteiger partial charge in [-0.25, -0.2) is 9.78 Å². The van der Waals surface area contributed by atoms with E-state index in [1.165, 1.54) is 4.90 Å². The van der Waals surface area contributed by atoms with Gasteiger partial charge in [-0.05, 0) is 30.0 Å². The van der Waals surface area contributed by atoms with E-state index >= 15 is 0 Å². The summed E-state index contributed by atoms with van der Waals surface area (Å²) in [7, 11) is 1.67. The molecule has 2 rings (SSSR count). The van der Waals surface area contributed by atoms with Gasteiger partial charge in [0, 0.05) is 25.3 Å². The molecule has 5 nitrogen and oxygen atoms in total. The van der Waals surface area contributed by atoms with Gasteiger partial charge in [-0.1, -0.05) is 39.0 Å². The maximum atomic E-state index is 12.1. The standard InChI is InChI=1S/C19H25N3O2/c1-19(2,3)12-13-20-15-10-11-17(21-14-15)24-18(23)22(4)16-8-6-5-7-9-16/h5-11,14,20H,12-13H2,1-4H3. The Morgan fingerprint density at radius 3 is 2.46 bits per heavy atom. The normalized spacial score (nSPS) is 11.0. The van der Waals surface area contributed by atoms with Crippen molar-refractivity contribution in [2.24, 2.45) is 5.41 Å². The average Bonchev–Trinajstić information content (AvgIpc) is 2.55. The number of hydrogen-bond donors (Lipinski definition) is 1.